The molecule has 0 radical (unpaired) electrons. The molecule has 0 aliphatic carbocycles. The van der Waals surface area contributed by atoms with Gasteiger partial charge < -0.3 is 10.1 Å². The summed E-state index contributed by atoms with van der Waals surface area (Å²) in [5, 5.41) is 18.2. The normalized spacial score (nSPS) is 11.4. The fourth-order valence-electron chi connectivity index (χ4n) is 2.00. The second-order valence-electron chi connectivity index (χ2n) is 4.50. The number of azo groups is 1. The van der Waals surface area contributed by atoms with Crippen molar-refractivity contribution in [1.82, 2.24) is 4.98 Å². The van der Waals surface area contributed by atoms with E-state index in [2.05, 4.69) is 47.1 Å². The lowest BCUT2D eigenvalue weighted by atomic mass is 10.2. The lowest BCUT2D eigenvalue weighted by molar-refractivity contribution is 0.0995. The number of nitrogens with one attached hydrogen (secondary N) is 1. The molecule has 0 saturated heterocycles. The minimum absolute atomic E-state index is 0.130. The number of fused-ring (bicyclic) bond motifs is 1. The van der Waals surface area contributed by atoms with E-state index >= 15 is 0 Å². The number of carbonyl (C=O) groups is 1. The van der Waals surface area contributed by atoms with Gasteiger partial charge in [0.15, 0.2) is 5.69 Å². The number of benzene rings is 2. The molecule has 0 bridgehead atoms. The molecule has 2 N–H and O–H groups in total. The average Bonchev–Trinajstić information content (AvgIpc) is 2.83. The molecule has 0 atom stereocenters. The summed E-state index contributed by atoms with van der Waals surface area (Å²) in [5.74, 6) is -0.606. The number of nitrogens with zero attached hydrogens (tertiary/aromatic N) is 2. The molecular formula is C15H9Br2N3O2. The average molecular weight is 423 g/mol. The van der Waals surface area contributed by atoms with Gasteiger partial charge in [-0.2, -0.15) is 0 Å². The van der Waals surface area contributed by atoms with Gasteiger partial charge in [-0.05, 0) is 46.3 Å². The van der Waals surface area contributed by atoms with Gasteiger partial charge in [0.1, 0.15) is 0 Å². The van der Waals surface area contributed by atoms with E-state index in [4.69, 9.17) is 0 Å². The third-order valence-electron chi connectivity index (χ3n) is 3.07. The first kappa shape index (κ1) is 14.9. The molecule has 5 nitrogen and oxygen atoms in total. The number of aromatic nitrogens is 1. The molecule has 0 saturated carbocycles. The summed E-state index contributed by atoms with van der Waals surface area (Å²) in [6.45, 7) is 0. The highest BCUT2D eigenvalue weighted by Crippen LogP contribution is 2.38. The van der Waals surface area contributed by atoms with E-state index in [-0.39, 0.29) is 11.6 Å². The van der Waals surface area contributed by atoms with Gasteiger partial charge in [-0.3, -0.25) is 4.79 Å². The summed E-state index contributed by atoms with van der Waals surface area (Å²) in [5.41, 5.74) is 1.36. The van der Waals surface area contributed by atoms with E-state index in [1.165, 1.54) is 0 Å². The standard InChI is InChI=1S/C15H9Br2N3O2/c16-9-6-4-8(5-7-9)14(21)20-19-13-10-2-1-3-11(17)12(10)18-15(13)22/h1-7,18,22H. The fourth-order valence-corrected chi connectivity index (χ4v) is 2.73. The van der Waals surface area contributed by atoms with Crippen molar-refractivity contribution in [1.29, 1.82) is 0 Å². The third kappa shape index (κ3) is 2.82. The van der Waals surface area contributed by atoms with Crippen molar-refractivity contribution in [3.05, 3.63) is 57.0 Å². The zero-order chi connectivity index (χ0) is 15.7. The molecular weight excluding hydrogens is 414 g/mol. The molecule has 0 spiro atoms. The Kier molecular flexibility index (Phi) is 4.08. The molecule has 0 fully saturated rings. The fraction of sp³-hybridized carbons (Fsp3) is 0. The maximum atomic E-state index is 12.0. The second-order valence-corrected chi connectivity index (χ2v) is 6.27. The van der Waals surface area contributed by atoms with Crippen LogP contribution in [0.3, 0.4) is 0 Å². The van der Waals surface area contributed by atoms with Crippen LogP contribution in [0.15, 0.2) is 61.6 Å². The Labute approximate surface area is 142 Å². The molecule has 22 heavy (non-hydrogen) atoms. The minimum atomic E-state index is -0.476. The molecule has 2 aromatic carbocycles. The summed E-state index contributed by atoms with van der Waals surface area (Å²) in [4.78, 5) is 14.8. The summed E-state index contributed by atoms with van der Waals surface area (Å²) in [6.07, 6.45) is 0. The molecule has 110 valence electrons. The lowest BCUT2D eigenvalue weighted by Gasteiger charge is -1.95. The van der Waals surface area contributed by atoms with Gasteiger partial charge in [0.2, 0.25) is 5.88 Å². The number of carbonyl (C=O) groups excluding carboxylic acids is 1. The Balaban J connectivity index is 1.96. The number of halogens is 2. The topological polar surface area (TPSA) is 77.8 Å². The van der Waals surface area contributed by atoms with E-state index in [0.717, 1.165) is 8.95 Å². The monoisotopic (exact) mass is 421 g/mol. The van der Waals surface area contributed by atoms with E-state index < -0.39 is 5.91 Å². The summed E-state index contributed by atoms with van der Waals surface area (Å²) in [6, 6.07) is 12.2. The highest BCUT2D eigenvalue weighted by Gasteiger charge is 2.13. The number of hydrogen-bond acceptors (Lipinski definition) is 3. The Hall–Kier alpha value is -1.99. The van der Waals surface area contributed by atoms with Crippen molar-refractivity contribution in [2.75, 3.05) is 0 Å². The van der Waals surface area contributed by atoms with Crippen LogP contribution in [0.5, 0.6) is 5.88 Å². The van der Waals surface area contributed by atoms with Gasteiger partial charge in [0.25, 0.3) is 5.91 Å². The predicted molar refractivity (Wildman–Crippen MR) is 90.7 cm³/mol. The quantitative estimate of drug-likeness (QED) is 0.548. The third-order valence-corrected chi connectivity index (χ3v) is 4.26. The van der Waals surface area contributed by atoms with Crippen LogP contribution >= 0.6 is 31.9 Å². The van der Waals surface area contributed by atoms with Crippen LogP contribution < -0.4 is 0 Å². The van der Waals surface area contributed by atoms with Crippen LogP contribution in [-0.2, 0) is 0 Å². The largest absolute Gasteiger partial charge is 0.493 e. The van der Waals surface area contributed by atoms with Crippen LogP contribution in [-0.4, -0.2) is 16.0 Å². The number of amides is 1. The molecule has 0 unspecified atom stereocenters. The second kappa shape index (κ2) is 6.02. The number of hydrogen-bond donors (Lipinski definition) is 2. The predicted octanol–water partition coefficient (Wildman–Crippen LogP) is 5.32. The smallest absolute Gasteiger partial charge is 0.295 e. The molecule has 1 heterocycles. The summed E-state index contributed by atoms with van der Waals surface area (Å²) < 4.78 is 1.67. The zero-order valence-electron chi connectivity index (χ0n) is 11.0. The molecule has 0 aliphatic rings. The summed E-state index contributed by atoms with van der Waals surface area (Å²) in [7, 11) is 0. The van der Waals surface area contributed by atoms with Crippen LogP contribution in [0.2, 0.25) is 0 Å². The maximum Gasteiger partial charge on any atom is 0.295 e. The van der Waals surface area contributed by atoms with Gasteiger partial charge in [-0.1, -0.05) is 28.1 Å². The molecule has 3 rings (SSSR count). The Morgan fingerprint density at radius 2 is 1.82 bits per heavy atom. The lowest BCUT2D eigenvalue weighted by Crippen LogP contribution is -1.92. The van der Waals surface area contributed by atoms with Gasteiger partial charge in [-0.25, -0.2) is 0 Å². The van der Waals surface area contributed by atoms with Crippen LogP contribution in [0.4, 0.5) is 5.69 Å². The van der Waals surface area contributed by atoms with E-state index in [9.17, 15) is 9.90 Å². The highest BCUT2D eigenvalue weighted by atomic mass is 79.9. The maximum absolute atomic E-state index is 12.0. The van der Waals surface area contributed by atoms with Gasteiger partial charge in [-0.15, -0.1) is 10.2 Å². The van der Waals surface area contributed by atoms with Gasteiger partial charge in [0.05, 0.1) is 5.52 Å². The molecule has 1 aromatic heterocycles. The van der Waals surface area contributed by atoms with E-state index in [1.807, 2.05) is 12.1 Å². The molecule has 7 heteroatoms. The number of aromatic hydroxyl groups is 1. The molecule has 1 amide bonds. The van der Waals surface area contributed by atoms with E-state index in [0.29, 0.717) is 16.5 Å². The summed E-state index contributed by atoms with van der Waals surface area (Å²) >= 11 is 6.68. The number of aromatic amines is 1. The molecule has 3 aromatic rings. The van der Waals surface area contributed by atoms with Crippen molar-refractivity contribution in [2.45, 2.75) is 0 Å². The first-order valence-corrected chi connectivity index (χ1v) is 7.85. The van der Waals surface area contributed by atoms with Crippen molar-refractivity contribution >= 4 is 54.4 Å². The van der Waals surface area contributed by atoms with Gasteiger partial charge in [0, 0.05) is 19.9 Å². The van der Waals surface area contributed by atoms with Crippen LogP contribution in [0.1, 0.15) is 10.4 Å². The van der Waals surface area contributed by atoms with Crippen LogP contribution in [0, 0.1) is 0 Å². The SMILES string of the molecule is O=C(N=Nc1c(O)[nH]c2c(Br)cccc12)c1ccc(Br)cc1. The van der Waals surface area contributed by atoms with Crippen molar-refractivity contribution < 1.29 is 9.90 Å². The molecule has 0 aliphatic heterocycles. The van der Waals surface area contributed by atoms with Gasteiger partial charge >= 0.3 is 0 Å². The van der Waals surface area contributed by atoms with E-state index in [1.54, 1.807) is 30.3 Å². The minimum Gasteiger partial charge on any atom is -0.493 e. The van der Waals surface area contributed by atoms with Crippen LogP contribution in [0.25, 0.3) is 10.9 Å². The Morgan fingerprint density at radius 1 is 1.09 bits per heavy atom. The van der Waals surface area contributed by atoms with Crippen molar-refractivity contribution in [3.8, 4) is 5.88 Å². The first-order chi connectivity index (χ1) is 10.6. The zero-order valence-corrected chi connectivity index (χ0v) is 14.2. The van der Waals surface area contributed by atoms with Crippen molar-refractivity contribution in [3.63, 3.8) is 0 Å². The Bertz CT molecular complexity index is 886. The highest BCUT2D eigenvalue weighted by molar-refractivity contribution is 9.11. The number of rotatable bonds is 2. The number of para-hydroxylation sites is 1. The Morgan fingerprint density at radius 3 is 2.55 bits per heavy atom. The van der Waals surface area contributed by atoms with Crippen molar-refractivity contribution in [2.24, 2.45) is 10.2 Å². The first-order valence-electron chi connectivity index (χ1n) is 6.27. The number of H-pyrrole nitrogens is 1.